The number of nitrogens with two attached hydrogens (primary N) is 1. The molecular weight excluding hydrogens is 280 g/mol. The van der Waals surface area contributed by atoms with E-state index in [1.807, 2.05) is 12.1 Å². The summed E-state index contributed by atoms with van der Waals surface area (Å²) in [7, 11) is 0. The van der Waals surface area contributed by atoms with Crippen LogP contribution in [0.4, 0.5) is 28.7 Å². The minimum atomic E-state index is -0.112. The van der Waals surface area contributed by atoms with E-state index in [1.165, 1.54) is 13.3 Å². The van der Waals surface area contributed by atoms with E-state index in [0.29, 0.717) is 23.9 Å². The first-order chi connectivity index (χ1) is 10.6. The normalized spacial score (nSPS) is 9.86. The van der Waals surface area contributed by atoms with Crippen molar-refractivity contribution in [2.75, 3.05) is 28.2 Å². The first-order valence-electron chi connectivity index (χ1n) is 6.70. The van der Waals surface area contributed by atoms with Crippen LogP contribution in [0, 0.1) is 0 Å². The molecule has 1 aromatic carbocycles. The molecule has 0 aliphatic heterocycles. The van der Waals surface area contributed by atoms with Gasteiger partial charge >= 0.3 is 0 Å². The molecule has 0 saturated carbocycles. The third-order valence-electron chi connectivity index (χ3n) is 2.77. The average molecular weight is 298 g/mol. The average Bonchev–Trinajstić information content (AvgIpc) is 2.49. The van der Waals surface area contributed by atoms with Crippen molar-refractivity contribution in [1.82, 2.24) is 9.97 Å². The summed E-state index contributed by atoms with van der Waals surface area (Å²) in [6.45, 7) is 5.66. The molecule has 0 unspecified atom stereocenters. The fourth-order valence-electron chi connectivity index (χ4n) is 1.78. The molecule has 5 N–H and O–H groups in total. The lowest BCUT2D eigenvalue weighted by Gasteiger charge is -2.12. The zero-order valence-electron chi connectivity index (χ0n) is 12.3. The highest BCUT2D eigenvalue weighted by Gasteiger charge is 2.07. The minimum Gasteiger partial charge on any atom is -0.393 e. The van der Waals surface area contributed by atoms with Crippen molar-refractivity contribution in [3.05, 3.63) is 43.2 Å². The SMILES string of the molecule is C=CCNc1ncnc(Nc2ccc(NC(C)=O)cc2)c1N. The third kappa shape index (κ3) is 3.95. The van der Waals surface area contributed by atoms with Gasteiger partial charge in [0.15, 0.2) is 11.6 Å². The predicted molar refractivity (Wildman–Crippen MR) is 89.2 cm³/mol. The summed E-state index contributed by atoms with van der Waals surface area (Å²) in [4.78, 5) is 19.2. The molecule has 0 radical (unpaired) electrons. The number of hydrogen-bond donors (Lipinski definition) is 4. The van der Waals surface area contributed by atoms with Gasteiger partial charge in [-0.25, -0.2) is 9.97 Å². The second-order valence-corrected chi connectivity index (χ2v) is 4.54. The summed E-state index contributed by atoms with van der Waals surface area (Å²) in [6.07, 6.45) is 3.14. The van der Waals surface area contributed by atoms with Crippen molar-refractivity contribution in [3.8, 4) is 0 Å². The molecule has 7 heteroatoms. The first-order valence-corrected chi connectivity index (χ1v) is 6.70. The van der Waals surface area contributed by atoms with Crippen LogP contribution >= 0.6 is 0 Å². The van der Waals surface area contributed by atoms with Gasteiger partial charge in [-0.3, -0.25) is 4.79 Å². The number of amides is 1. The number of nitrogens with zero attached hydrogens (tertiary/aromatic N) is 2. The monoisotopic (exact) mass is 298 g/mol. The van der Waals surface area contributed by atoms with E-state index in [0.717, 1.165) is 11.4 Å². The van der Waals surface area contributed by atoms with Crippen molar-refractivity contribution in [2.24, 2.45) is 0 Å². The van der Waals surface area contributed by atoms with Crippen molar-refractivity contribution in [2.45, 2.75) is 6.92 Å². The zero-order chi connectivity index (χ0) is 15.9. The first kappa shape index (κ1) is 15.3. The standard InChI is InChI=1S/C15H18N6O/c1-3-8-17-14-13(16)15(19-9-18-14)21-12-6-4-11(5-7-12)20-10(2)22/h3-7,9H,1,8,16H2,2H3,(H,20,22)(H2,17,18,19,21). The third-order valence-corrected chi connectivity index (χ3v) is 2.77. The van der Waals surface area contributed by atoms with Crippen LogP contribution in [0.3, 0.4) is 0 Å². The predicted octanol–water partition coefficient (Wildman–Crippen LogP) is 2.36. The fraction of sp³-hybridized carbons (Fsp3) is 0.133. The summed E-state index contributed by atoms with van der Waals surface area (Å²) in [5.74, 6) is 0.944. The van der Waals surface area contributed by atoms with Crippen molar-refractivity contribution in [1.29, 1.82) is 0 Å². The van der Waals surface area contributed by atoms with E-state index in [1.54, 1.807) is 18.2 Å². The van der Waals surface area contributed by atoms with Gasteiger partial charge in [0.2, 0.25) is 5.91 Å². The van der Waals surface area contributed by atoms with E-state index in [4.69, 9.17) is 5.73 Å². The van der Waals surface area contributed by atoms with Gasteiger partial charge in [-0.2, -0.15) is 0 Å². The fourth-order valence-corrected chi connectivity index (χ4v) is 1.78. The molecule has 114 valence electrons. The number of nitrogen functional groups attached to an aromatic ring is 1. The lowest BCUT2D eigenvalue weighted by Crippen LogP contribution is -2.08. The van der Waals surface area contributed by atoms with Crippen molar-refractivity contribution in [3.63, 3.8) is 0 Å². The maximum absolute atomic E-state index is 11.0. The molecule has 2 rings (SSSR count). The molecule has 7 nitrogen and oxygen atoms in total. The number of carbonyl (C=O) groups is 1. The highest BCUT2D eigenvalue weighted by atomic mass is 16.1. The second kappa shape index (κ2) is 7.07. The number of rotatable bonds is 6. The summed E-state index contributed by atoms with van der Waals surface area (Å²) in [5, 5.41) is 8.86. The van der Waals surface area contributed by atoms with Gasteiger partial charge in [-0.05, 0) is 24.3 Å². The molecule has 2 aromatic rings. The molecule has 0 saturated heterocycles. The van der Waals surface area contributed by atoms with Gasteiger partial charge in [-0.1, -0.05) is 6.08 Å². The van der Waals surface area contributed by atoms with Gasteiger partial charge in [0.05, 0.1) is 0 Å². The van der Waals surface area contributed by atoms with Crippen LogP contribution in [-0.4, -0.2) is 22.4 Å². The molecule has 0 aliphatic carbocycles. The highest BCUT2D eigenvalue weighted by Crippen LogP contribution is 2.26. The van der Waals surface area contributed by atoms with Crippen LogP contribution in [0.5, 0.6) is 0 Å². The zero-order valence-corrected chi connectivity index (χ0v) is 12.3. The molecule has 0 spiro atoms. The molecule has 0 aliphatic rings. The Balaban J connectivity index is 2.13. The smallest absolute Gasteiger partial charge is 0.221 e. The van der Waals surface area contributed by atoms with Crippen LogP contribution in [-0.2, 0) is 4.79 Å². The Kier molecular flexibility index (Phi) is 4.92. The van der Waals surface area contributed by atoms with E-state index in [-0.39, 0.29) is 5.91 Å². The Morgan fingerprint density at radius 3 is 2.50 bits per heavy atom. The number of carbonyl (C=O) groups excluding carboxylic acids is 1. The Labute approximate surface area is 128 Å². The summed E-state index contributed by atoms with van der Waals surface area (Å²) in [5.41, 5.74) is 7.98. The van der Waals surface area contributed by atoms with Crippen LogP contribution < -0.4 is 21.7 Å². The molecule has 1 amide bonds. The summed E-state index contributed by atoms with van der Waals surface area (Å²) >= 11 is 0. The van der Waals surface area contributed by atoms with Crippen LogP contribution in [0.15, 0.2) is 43.2 Å². The molecule has 0 bridgehead atoms. The van der Waals surface area contributed by atoms with E-state index in [9.17, 15) is 4.79 Å². The lowest BCUT2D eigenvalue weighted by atomic mass is 10.2. The maximum Gasteiger partial charge on any atom is 0.221 e. The van der Waals surface area contributed by atoms with Gasteiger partial charge in [0, 0.05) is 24.8 Å². The molecule has 0 fully saturated rings. The Hall–Kier alpha value is -3.09. The number of anilines is 5. The van der Waals surface area contributed by atoms with Crippen LogP contribution in [0.1, 0.15) is 6.92 Å². The molecule has 1 aromatic heterocycles. The second-order valence-electron chi connectivity index (χ2n) is 4.54. The minimum absolute atomic E-state index is 0.112. The molecular formula is C15H18N6O. The quantitative estimate of drug-likeness (QED) is 0.610. The summed E-state index contributed by atoms with van der Waals surface area (Å²) in [6, 6.07) is 7.23. The van der Waals surface area contributed by atoms with E-state index < -0.39 is 0 Å². The Bertz CT molecular complexity index is 668. The van der Waals surface area contributed by atoms with Crippen molar-refractivity contribution >= 4 is 34.6 Å². The summed E-state index contributed by atoms with van der Waals surface area (Å²) < 4.78 is 0. The highest BCUT2D eigenvalue weighted by molar-refractivity contribution is 5.89. The van der Waals surface area contributed by atoms with Crippen LogP contribution in [0.25, 0.3) is 0 Å². The van der Waals surface area contributed by atoms with E-state index in [2.05, 4.69) is 32.5 Å². The number of nitrogens with one attached hydrogen (secondary N) is 3. The topological polar surface area (TPSA) is 105 Å². The van der Waals surface area contributed by atoms with E-state index >= 15 is 0 Å². The molecule has 1 heterocycles. The molecule has 22 heavy (non-hydrogen) atoms. The van der Waals surface area contributed by atoms with Crippen molar-refractivity contribution < 1.29 is 4.79 Å². The van der Waals surface area contributed by atoms with Crippen LogP contribution in [0.2, 0.25) is 0 Å². The van der Waals surface area contributed by atoms with Gasteiger partial charge in [0.1, 0.15) is 12.0 Å². The largest absolute Gasteiger partial charge is 0.393 e. The Morgan fingerprint density at radius 2 is 1.86 bits per heavy atom. The number of benzene rings is 1. The van der Waals surface area contributed by atoms with Gasteiger partial charge < -0.3 is 21.7 Å². The van der Waals surface area contributed by atoms with Gasteiger partial charge in [0.25, 0.3) is 0 Å². The lowest BCUT2D eigenvalue weighted by molar-refractivity contribution is -0.114. The number of hydrogen-bond acceptors (Lipinski definition) is 6. The molecule has 0 atom stereocenters. The Morgan fingerprint density at radius 1 is 1.23 bits per heavy atom. The number of aromatic nitrogens is 2. The van der Waals surface area contributed by atoms with Gasteiger partial charge in [-0.15, -0.1) is 6.58 Å². The maximum atomic E-state index is 11.0.